The first-order chi connectivity index (χ1) is 9.99. The Hall–Kier alpha value is -1.87. The number of nitrogens with zero attached hydrogens (tertiary/aromatic N) is 1. The highest BCUT2D eigenvalue weighted by Crippen LogP contribution is 2.24. The van der Waals surface area contributed by atoms with E-state index in [0.717, 1.165) is 23.0 Å². The third-order valence-electron chi connectivity index (χ3n) is 3.11. The van der Waals surface area contributed by atoms with Gasteiger partial charge in [-0.15, -0.1) is 0 Å². The smallest absolute Gasteiger partial charge is 0.221 e. The number of pyridine rings is 1. The van der Waals surface area contributed by atoms with Crippen LogP contribution in [0.2, 0.25) is 0 Å². The van der Waals surface area contributed by atoms with Crippen molar-refractivity contribution in [1.29, 1.82) is 0 Å². The van der Waals surface area contributed by atoms with Crippen LogP contribution in [0.4, 0.5) is 0 Å². The highest BCUT2D eigenvalue weighted by molar-refractivity contribution is 5.87. The fraction of sp³-hybridized carbons (Fsp3) is 0.389. The minimum atomic E-state index is 0.0687. The molecule has 2 rings (SSSR count). The van der Waals surface area contributed by atoms with Crippen molar-refractivity contribution in [3.63, 3.8) is 0 Å². The first-order valence-electron chi connectivity index (χ1n) is 7.37. The van der Waals surface area contributed by atoms with E-state index in [9.17, 15) is 0 Å². The van der Waals surface area contributed by atoms with Gasteiger partial charge in [0.2, 0.25) is 5.88 Å². The number of hydrogen-bond donors (Lipinski definition) is 1. The van der Waals surface area contributed by atoms with Crippen LogP contribution >= 0.6 is 0 Å². The van der Waals surface area contributed by atoms with E-state index in [1.54, 1.807) is 0 Å². The molecule has 3 nitrogen and oxygen atoms in total. The van der Waals surface area contributed by atoms with E-state index in [2.05, 4.69) is 43.2 Å². The maximum Gasteiger partial charge on any atom is 0.221 e. The standard InChI is InChI=1S/C18H24N2O/c1-5-6-11-21-17-16-10-8-7-9-14(16)12-15(20-17)13-19-18(2,3)4/h5-10,12,19H,11,13H2,1-4H3. The molecule has 1 aromatic heterocycles. The summed E-state index contributed by atoms with van der Waals surface area (Å²) in [5, 5.41) is 5.68. The minimum Gasteiger partial charge on any atom is -0.473 e. The number of hydrogen-bond acceptors (Lipinski definition) is 3. The molecule has 0 aliphatic carbocycles. The molecule has 112 valence electrons. The fourth-order valence-electron chi connectivity index (χ4n) is 2.00. The van der Waals surface area contributed by atoms with E-state index in [1.165, 1.54) is 0 Å². The highest BCUT2D eigenvalue weighted by Gasteiger charge is 2.11. The van der Waals surface area contributed by atoms with E-state index in [1.807, 2.05) is 37.3 Å². The van der Waals surface area contributed by atoms with Gasteiger partial charge in [-0.1, -0.05) is 30.4 Å². The predicted octanol–water partition coefficient (Wildman–Crippen LogP) is 4.08. The van der Waals surface area contributed by atoms with Crippen LogP contribution in [0.1, 0.15) is 33.4 Å². The molecule has 1 aromatic carbocycles. The van der Waals surface area contributed by atoms with Gasteiger partial charge in [0.1, 0.15) is 6.61 Å². The maximum absolute atomic E-state index is 5.81. The summed E-state index contributed by atoms with van der Waals surface area (Å²) < 4.78 is 5.81. The second-order valence-electron chi connectivity index (χ2n) is 6.12. The molecule has 1 N–H and O–H groups in total. The molecule has 0 amide bonds. The highest BCUT2D eigenvalue weighted by atomic mass is 16.5. The number of nitrogens with one attached hydrogen (secondary N) is 1. The second-order valence-corrected chi connectivity index (χ2v) is 6.12. The maximum atomic E-state index is 5.81. The molecule has 0 spiro atoms. The van der Waals surface area contributed by atoms with Crippen molar-refractivity contribution >= 4 is 10.8 Å². The third kappa shape index (κ3) is 4.57. The number of rotatable bonds is 5. The van der Waals surface area contributed by atoms with Gasteiger partial charge in [0.25, 0.3) is 0 Å². The van der Waals surface area contributed by atoms with Crippen LogP contribution in [-0.2, 0) is 6.54 Å². The van der Waals surface area contributed by atoms with Crippen LogP contribution in [-0.4, -0.2) is 17.1 Å². The second kappa shape index (κ2) is 6.72. The Kier molecular flexibility index (Phi) is 4.97. The largest absolute Gasteiger partial charge is 0.473 e. The monoisotopic (exact) mass is 284 g/mol. The zero-order valence-electron chi connectivity index (χ0n) is 13.3. The summed E-state index contributed by atoms with van der Waals surface area (Å²) in [5.41, 5.74) is 1.07. The number of ether oxygens (including phenoxy) is 1. The molecule has 0 saturated heterocycles. The molecule has 3 heteroatoms. The first kappa shape index (κ1) is 15.5. The average molecular weight is 284 g/mol. The Morgan fingerprint density at radius 1 is 1.24 bits per heavy atom. The molecule has 0 unspecified atom stereocenters. The third-order valence-corrected chi connectivity index (χ3v) is 3.11. The zero-order valence-corrected chi connectivity index (χ0v) is 13.3. The van der Waals surface area contributed by atoms with Crippen LogP contribution in [0.25, 0.3) is 10.8 Å². The van der Waals surface area contributed by atoms with Crippen molar-refractivity contribution in [3.05, 3.63) is 48.2 Å². The Morgan fingerprint density at radius 2 is 2.00 bits per heavy atom. The lowest BCUT2D eigenvalue weighted by Crippen LogP contribution is -2.35. The van der Waals surface area contributed by atoms with E-state index in [-0.39, 0.29) is 5.54 Å². The minimum absolute atomic E-state index is 0.0687. The fourth-order valence-corrected chi connectivity index (χ4v) is 2.00. The summed E-state index contributed by atoms with van der Waals surface area (Å²) >= 11 is 0. The molecule has 0 aliphatic rings. The van der Waals surface area contributed by atoms with Crippen LogP contribution in [0.5, 0.6) is 5.88 Å². The molecule has 2 aromatic rings. The van der Waals surface area contributed by atoms with Gasteiger partial charge in [0.05, 0.1) is 5.69 Å². The Bertz CT molecular complexity index is 627. The first-order valence-corrected chi connectivity index (χ1v) is 7.37. The van der Waals surface area contributed by atoms with Crippen LogP contribution < -0.4 is 10.1 Å². The molecular formula is C18H24N2O. The number of aromatic nitrogens is 1. The summed E-state index contributed by atoms with van der Waals surface area (Å²) in [6, 6.07) is 10.3. The van der Waals surface area contributed by atoms with Crippen LogP contribution in [0.15, 0.2) is 42.5 Å². The van der Waals surface area contributed by atoms with Gasteiger partial charge >= 0.3 is 0 Å². The molecule has 0 aliphatic heterocycles. The van der Waals surface area contributed by atoms with Gasteiger partial charge < -0.3 is 10.1 Å². The van der Waals surface area contributed by atoms with E-state index >= 15 is 0 Å². The molecule has 21 heavy (non-hydrogen) atoms. The van der Waals surface area contributed by atoms with Crippen LogP contribution in [0.3, 0.4) is 0 Å². The number of fused-ring (bicyclic) bond motifs is 1. The van der Waals surface area contributed by atoms with Gasteiger partial charge in [0, 0.05) is 17.5 Å². The van der Waals surface area contributed by atoms with Crippen molar-refractivity contribution in [2.45, 2.75) is 39.8 Å². The summed E-state index contributed by atoms with van der Waals surface area (Å²) in [7, 11) is 0. The van der Waals surface area contributed by atoms with Crippen molar-refractivity contribution in [2.24, 2.45) is 0 Å². The van der Waals surface area contributed by atoms with Crippen molar-refractivity contribution in [3.8, 4) is 5.88 Å². The van der Waals surface area contributed by atoms with E-state index in [0.29, 0.717) is 12.5 Å². The topological polar surface area (TPSA) is 34.1 Å². The summed E-state index contributed by atoms with van der Waals surface area (Å²) in [6.07, 6.45) is 3.96. The van der Waals surface area contributed by atoms with Gasteiger partial charge in [-0.2, -0.15) is 0 Å². The lowest BCUT2D eigenvalue weighted by atomic mass is 10.1. The summed E-state index contributed by atoms with van der Waals surface area (Å²) in [5.74, 6) is 0.705. The van der Waals surface area contributed by atoms with Crippen molar-refractivity contribution < 1.29 is 4.74 Å². The molecule has 0 fully saturated rings. The van der Waals surface area contributed by atoms with E-state index < -0.39 is 0 Å². The molecule has 1 heterocycles. The molecular weight excluding hydrogens is 260 g/mol. The Balaban J connectivity index is 2.30. The SMILES string of the molecule is CC=CCOc1nc(CNC(C)(C)C)cc2ccccc12. The van der Waals surface area contributed by atoms with Gasteiger partial charge in [-0.25, -0.2) is 4.98 Å². The van der Waals surface area contributed by atoms with Gasteiger partial charge in [0.15, 0.2) is 0 Å². The zero-order chi connectivity index (χ0) is 15.3. The lowest BCUT2D eigenvalue weighted by molar-refractivity contribution is 0.350. The van der Waals surface area contributed by atoms with Crippen molar-refractivity contribution in [2.75, 3.05) is 6.61 Å². The quantitative estimate of drug-likeness (QED) is 0.840. The summed E-state index contributed by atoms with van der Waals surface area (Å²) in [4.78, 5) is 4.66. The van der Waals surface area contributed by atoms with Gasteiger partial charge in [-0.3, -0.25) is 0 Å². The molecule has 0 atom stereocenters. The number of benzene rings is 1. The average Bonchev–Trinajstić information content (AvgIpc) is 2.44. The molecule has 0 saturated carbocycles. The normalized spacial score (nSPS) is 12.2. The summed E-state index contributed by atoms with van der Waals surface area (Å²) in [6.45, 7) is 9.71. The Morgan fingerprint density at radius 3 is 2.71 bits per heavy atom. The predicted molar refractivity (Wildman–Crippen MR) is 88.6 cm³/mol. The van der Waals surface area contributed by atoms with Crippen LogP contribution in [0, 0.1) is 0 Å². The Labute approximate surface area is 127 Å². The number of allylic oxidation sites excluding steroid dienone is 1. The van der Waals surface area contributed by atoms with Crippen molar-refractivity contribution in [1.82, 2.24) is 10.3 Å². The molecule has 0 radical (unpaired) electrons. The van der Waals surface area contributed by atoms with E-state index in [4.69, 9.17) is 4.74 Å². The molecule has 0 bridgehead atoms. The van der Waals surface area contributed by atoms with Gasteiger partial charge in [-0.05, 0) is 45.2 Å². The lowest BCUT2D eigenvalue weighted by Gasteiger charge is -2.20.